The first-order valence-corrected chi connectivity index (χ1v) is 10.1. The van der Waals surface area contributed by atoms with Gasteiger partial charge in [-0.25, -0.2) is 4.79 Å². The van der Waals surface area contributed by atoms with Gasteiger partial charge in [-0.05, 0) is 54.7 Å². The number of nitrogens with zero attached hydrogens (tertiary/aromatic N) is 1. The molecule has 0 atom stereocenters. The molecule has 3 aromatic rings. The minimum absolute atomic E-state index is 0.0271. The van der Waals surface area contributed by atoms with Crippen molar-refractivity contribution in [3.05, 3.63) is 82.0 Å². The molecular weight excluding hydrogens is 484 g/mol. The molecule has 1 aliphatic rings. The maximum atomic E-state index is 13.1. The van der Waals surface area contributed by atoms with E-state index in [9.17, 15) is 19.5 Å². The number of hydrogen-bond donors (Lipinski definition) is 2. The number of anilines is 1. The molecule has 0 unspecified atom stereocenters. The van der Waals surface area contributed by atoms with Crippen molar-refractivity contribution in [2.45, 2.75) is 0 Å². The van der Waals surface area contributed by atoms with E-state index in [2.05, 4.69) is 21.2 Å². The smallest absolute Gasteiger partial charge is 0.336 e. The van der Waals surface area contributed by atoms with E-state index in [1.165, 1.54) is 17.0 Å². The molecule has 7 nitrogen and oxygen atoms in total. The van der Waals surface area contributed by atoms with E-state index in [1.807, 2.05) is 0 Å². The largest absolute Gasteiger partial charge is 0.478 e. The van der Waals surface area contributed by atoms with Crippen LogP contribution in [0.15, 0.2) is 75.1 Å². The fraction of sp³-hybridized carbons (Fsp3) is 0. The molecule has 1 aliphatic heterocycles. The van der Waals surface area contributed by atoms with Gasteiger partial charge in [0.25, 0.3) is 11.8 Å². The number of carbonyl (C=O) groups is 3. The average Bonchev–Trinajstić information content (AvgIpc) is 3.19. The van der Waals surface area contributed by atoms with Gasteiger partial charge in [-0.3, -0.25) is 19.8 Å². The van der Waals surface area contributed by atoms with Crippen LogP contribution in [0.3, 0.4) is 0 Å². The van der Waals surface area contributed by atoms with Crippen molar-refractivity contribution in [3.8, 4) is 11.3 Å². The molecule has 4 rings (SSSR count). The highest BCUT2D eigenvalue weighted by Crippen LogP contribution is 2.28. The highest BCUT2D eigenvalue weighted by molar-refractivity contribution is 9.10. The van der Waals surface area contributed by atoms with Crippen molar-refractivity contribution < 1.29 is 23.9 Å². The Morgan fingerprint density at radius 3 is 2.61 bits per heavy atom. The lowest BCUT2D eigenvalue weighted by atomic mass is 10.1. The van der Waals surface area contributed by atoms with E-state index in [0.717, 1.165) is 4.47 Å². The quantitative estimate of drug-likeness (QED) is 0.318. The standard InChI is InChI=1S/C22H13BrN2O5S/c23-12-4-3-5-13(10-12)25-20(27)17(19(26)24-22(25)31)11-14-8-9-18(30-14)15-6-1-2-7-16(15)21(28)29/h1-11H,(H,28,29)(H,24,26,31). The van der Waals surface area contributed by atoms with Crippen molar-refractivity contribution in [2.24, 2.45) is 0 Å². The van der Waals surface area contributed by atoms with Gasteiger partial charge in [0.2, 0.25) is 0 Å². The molecule has 0 saturated carbocycles. The van der Waals surface area contributed by atoms with Crippen molar-refractivity contribution in [1.82, 2.24) is 5.32 Å². The molecule has 2 amide bonds. The fourth-order valence-electron chi connectivity index (χ4n) is 3.11. The zero-order valence-corrected chi connectivity index (χ0v) is 18.1. The van der Waals surface area contributed by atoms with Crippen LogP contribution in [-0.4, -0.2) is 28.0 Å². The molecule has 0 spiro atoms. The summed E-state index contributed by atoms with van der Waals surface area (Å²) in [4.78, 5) is 38.2. The highest BCUT2D eigenvalue weighted by atomic mass is 79.9. The molecule has 0 aliphatic carbocycles. The lowest BCUT2D eigenvalue weighted by Gasteiger charge is -2.28. The van der Waals surface area contributed by atoms with Gasteiger partial charge in [0, 0.05) is 10.0 Å². The number of rotatable bonds is 4. The summed E-state index contributed by atoms with van der Waals surface area (Å²) in [5, 5.41) is 11.9. The topological polar surface area (TPSA) is 99.9 Å². The molecule has 1 aromatic heterocycles. The number of halogens is 1. The Labute approximate surface area is 190 Å². The third kappa shape index (κ3) is 4.05. The van der Waals surface area contributed by atoms with Crippen LogP contribution < -0.4 is 10.2 Å². The van der Waals surface area contributed by atoms with E-state index in [1.54, 1.807) is 54.6 Å². The third-order valence-electron chi connectivity index (χ3n) is 4.50. The molecule has 2 aromatic carbocycles. The van der Waals surface area contributed by atoms with Crippen molar-refractivity contribution in [3.63, 3.8) is 0 Å². The predicted octanol–water partition coefficient (Wildman–Crippen LogP) is 4.24. The lowest BCUT2D eigenvalue weighted by molar-refractivity contribution is -0.122. The summed E-state index contributed by atoms with van der Waals surface area (Å²) in [6.07, 6.45) is 1.30. The first kappa shape index (κ1) is 20.7. The number of thiocarbonyl (C=S) groups is 1. The number of carboxylic acids is 1. The maximum Gasteiger partial charge on any atom is 0.336 e. The Bertz CT molecular complexity index is 1280. The first-order chi connectivity index (χ1) is 14.8. The van der Waals surface area contributed by atoms with Gasteiger partial charge in [-0.1, -0.05) is 40.2 Å². The molecule has 1 saturated heterocycles. The number of benzene rings is 2. The minimum atomic E-state index is -1.09. The lowest BCUT2D eigenvalue weighted by Crippen LogP contribution is -2.54. The number of carbonyl (C=O) groups excluding carboxylic acids is 2. The fourth-order valence-corrected chi connectivity index (χ4v) is 3.78. The van der Waals surface area contributed by atoms with E-state index in [0.29, 0.717) is 17.0 Å². The van der Waals surface area contributed by atoms with Gasteiger partial charge in [0.1, 0.15) is 17.1 Å². The van der Waals surface area contributed by atoms with Crippen molar-refractivity contribution in [2.75, 3.05) is 4.90 Å². The summed E-state index contributed by atoms with van der Waals surface area (Å²) < 4.78 is 6.46. The molecule has 31 heavy (non-hydrogen) atoms. The summed E-state index contributed by atoms with van der Waals surface area (Å²) in [5.41, 5.74) is 0.788. The van der Waals surface area contributed by atoms with Gasteiger partial charge in [-0.2, -0.15) is 0 Å². The summed E-state index contributed by atoms with van der Waals surface area (Å²) >= 11 is 8.53. The normalized spacial score (nSPS) is 15.3. The minimum Gasteiger partial charge on any atom is -0.478 e. The van der Waals surface area contributed by atoms with Crippen LogP contribution in [0, 0.1) is 0 Å². The van der Waals surface area contributed by atoms with Crippen molar-refractivity contribution in [1.29, 1.82) is 0 Å². The Balaban J connectivity index is 1.70. The number of furan rings is 1. The first-order valence-electron chi connectivity index (χ1n) is 8.94. The molecule has 0 radical (unpaired) electrons. The van der Waals surface area contributed by atoms with E-state index in [-0.39, 0.29) is 22.0 Å². The van der Waals surface area contributed by atoms with E-state index < -0.39 is 17.8 Å². The second kappa shape index (κ2) is 8.29. The van der Waals surface area contributed by atoms with Crippen LogP contribution in [0.25, 0.3) is 17.4 Å². The van der Waals surface area contributed by atoms with Gasteiger partial charge in [0.05, 0.1) is 11.3 Å². The van der Waals surface area contributed by atoms with E-state index >= 15 is 0 Å². The summed E-state index contributed by atoms with van der Waals surface area (Å²) in [6.45, 7) is 0. The van der Waals surface area contributed by atoms with Crippen LogP contribution in [0.4, 0.5) is 5.69 Å². The summed E-state index contributed by atoms with van der Waals surface area (Å²) in [7, 11) is 0. The zero-order valence-electron chi connectivity index (χ0n) is 15.7. The zero-order chi connectivity index (χ0) is 22.1. The Hall–Kier alpha value is -3.56. The predicted molar refractivity (Wildman–Crippen MR) is 121 cm³/mol. The number of aromatic carboxylic acids is 1. The second-order valence-electron chi connectivity index (χ2n) is 6.49. The number of amides is 2. The van der Waals surface area contributed by atoms with Gasteiger partial charge in [-0.15, -0.1) is 0 Å². The Morgan fingerprint density at radius 1 is 1.10 bits per heavy atom. The van der Waals surface area contributed by atoms with Crippen LogP contribution in [0.2, 0.25) is 0 Å². The number of carboxylic acid groups (broad SMARTS) is 1. The average molecular weight is 497 g/mol. The SMILES string of the molecule is O=C1NC(=S)N(c2cccc(Br)c2)C(=O)C1=Cc1ccc(-c2ccccc2C(=O)O)o1. The van der Waals surface area contributed by atoms with Crippen molar-refractivity contribution >= 4 is 62.8 Å². The summed E-state index contributed by atoms with van der Waals surface area (Å²) in [5.74, 6) is -1.82. The van der Waals surface area contributed by atoms with Crippen LogP contribution in [0.1, 0.15) is 16.1 Å². The summed E-state index contributed by atoms with van der Waals surface area (Å²) in [6, 6.07) is 16.5. The molecule has 2 heterocycles. The van der Waals surface area contributed by atoms with Crippen LogP contribution >= 0.6 is 28.1 Å². The maximum absolute atomic E-state index is 13.1. The molecule has 154 valence electrons. The molecular formula is C22H13BrN2O5S. The third-order valence-corrected chi connectivity index (χ3v) is 5.28. The Kier molecular flexibility index (Phi) is 5.53. The molecule has 0 bridgehead atoms. The van der Waals surface area contributed by atoms with Gasteiger partial charge < -0.3 is 9.52 Å². The van der Waals surface area contributed by atoms with Crippen LogP contribution in [0.5, 0.6) is 0 Å². The monoisotopic (exact) mass is 496 g/mol. The second-order valence-corrected chi connectivity index (χ2v) is 7.79. The van der Waals surface area contributed by atoms with E-state index in [4.69, 9.17) is 16.6 Å². The number of hydrogen-bond acceptors (Lipinski definition) is 5. The number of nitrogens with one attached hydrogen (secondary N) is 1. The van der Waals surface area contributed by atoms with Gasteiger partial charge in [0.15, 0.2) is 5.11 Å². The Morgan fingerprint density at radius 2 is 1.87 bits per heavy atom. The molecule has 9 heteroatoms. The van der Waals surface area contributed by atoms with Crippen LogP contribution in [-0.2, 0) is 9.59 Å². The van der Waals surface area contributed by atoms with Gasteiger partial charge >= 0.3 is 5.97 Å². The molecule has 2 N–H and O–H groups in total. The molecule has 1 fully saturated rings. The highest BCUT2D eigenvalue weighted by Gasteiger charge is 2.34.